The van der Waals surface area contributed by atoms with Crippen LogP contribution in [0, 0.1) is 5.92 Å². The summed E-state index contributed by atoms with van der Waals surface area (Å²) in [6, 6.07) is 7.89. The third-order valence-electron chi connectivity index (χ3n) is 3.86. The van der Waals surface area contributed by atoms with Crippen LogP contribution in [0.15, 0.2) is 24.3 Å². The van der Waals surface area contributed by atoms with Gasteiger partial charge >= 0.3 is 0 Å². The van der Waals surface area contributed by atoms with Crippen LogP contribution >= 0.6 is 0 Å². The number of hydrogen-bond donors (Lipinski definition) is 1. The largest absolute Gasteiger partial charge is 0.366 e. The van der Waals surface area contributed by atoms with Gasteiger partial charge in [-0.3, -0.25) is 4.79 Å². The van der Waals surface area contributed by atoms with Crippen molar-refractivity contribution in [3.63, 3.8) is 0 Å². The molecule has 1 aliphatic rings. The molecule has 0 spiro atoms. The molecular formula is C15H22N2O. The van der Waals surface area contributed by atoms with Gasteiger partial charge in [0, 0.05) is 23.3 Å². The fourth-order valence-corrected chi connectivity index (χ4v) is 2.89. The van der Waals surface area contributed by atoms with E-state index in [0.29, 0.717) is 5.92 Å². The van der Waals surface area contributed by atoms with Crippen LogP contribution in [0.4, 0.5) is 5.69 Å². The van der Waals surface area contributed by atoms with E-state index in [1.807, 2.05) is 18.2 Å². The van der Waals surface area contributed by atoms with Crippen LogP contribution in [0.5, 0.6) is 0 Å². The molecule has 0 amide bonds. The Bertz CT molecular complexity index is 454. The molecule has 18 heavy (non-hydrogen) atoms. The highest BCUT2D eigenvalue weighted by molar-refractivity contribution is 5.95. The van der Waals surface area contributed by atoms with Crippen molar-refractivity contribution < 1.29 is 4.79 Å². The number of Topliss-reactive ketones (excluding diaryl/α,β-unsaturated/α-hetero) is 1. The molecule has 0 bridgehead atoms. The van der Waals surface area contributed by atoms with E-state index >= 15 is 0 Å². The quantitative estimate of drug-likeness (QED) is 0.833. The predicted molar refractivity (Wildman–Crippen MR) is 75.0 cm³/mol. The van der Waals surface area contributed by atoms with E-state index < -0.39 is 0 Å². The molecular weight excluding hydrogens is 224 g/mol. The molecule has 1 aromatic carbocycles. The van der Waals surface area contributed by atoms with Crippen molar-refractivity contribution in [2.24, 2.45) is 11.7 Å². The Hall–Kier alpha value is -1.35. The number of benzene rings is 1. The van der Waals surface area contributed by atoms with Gasteiger partial charge in [-0.05, 0) is 51.8 Å². The van der Waals surface area contributed by atoms with Gasteiger partial charge in [-0.25, -0.2) is 0 Å². The van der Waals surface area contributed by atoms with Gasteiger partial charge in [0.05, 0.1) is 0 Å². The molecule has 1 fully saturated rings. The van der Waals surface area contributed by atoms with Crippen LogP contribution in [0.2, 0.25) is 0 Å². The van der Waals surface area contributed by atoms with Crippen LogP contribution in [-0.2, 0) is 0 Å². The molecule has 1 aliphatic heterocycles. The average Bonchev–Trinajstić information content (AvgIpc) is 2.64. The second-order valence-corrected chi connectivity index (χ2v) is 5.84. The molecule has 1 unspecified atom stereocenters. The lowest BCUT2D eigenvalue weighted by molar-refractivity contribution is 0.101. The molecule has 0 aliphatic carbocycles. The van der Waals surface area contributed by atoms with Crippen molar-refractivity contribution in [1.29, 1.82) is 0 Å². The summed E-state index contributed by atoms with van der Waals surface area (Å²) < 4.78 is 0. The van der Waals surface area contributed by atoms with Crippen LogP contribution < -0.4 is 10.6 Å². The number of anilines is 1. The van der Waals surface area contributed by atoms with Gasteiger partial charge in [0.2, 0.25) is 0 Å². The van der Waals surface area contributed by atoms with E-state index in [2.05, 4.69) is 24.8 Å². The Morgan fingerprint density at radius 1 is 1.50 bits per heavy atom. The molecule has 2 rings (SSSR count). The second-order valence-electron chi connectivity index (χ2n) is 5.84. The van der Waals surface area contributed by atoms with Gasteiger partial charge in [0.15, 0.2) is 5.78 Å². The Morgan fingerprint density at radius 3 is 2.78 bits per heavy atom. The highest BCUT2D eigenvalue weighted by Crippen LogP contribution is 2.36. The van der Waals surface area contributed by atoms with Gasteiger partial charge in [-0.1, -0.05) is 12.1 Å². The Kier molecular flexibility index (Phi) is 3.44. The standard InChI is InChI=1S/C15H22N2O/c1-11(18)13-5-4-6-14(7-13)17-10-12(9-16)8-15(17,2)3/h4-7,12H,8-10,16H2,1-3H3. The lowest BCUT2D eigenvalue weighted by Gasteiger charge is -2.33. The van der Waals surface area contributed by atoms with Gasteiger partial charge in [0.25, 0.3) is 0 Å². The zero-order valence-electron chi connectivity index (χ0n) is 11.4. The first-order chi connectivity index (χ1) is 8.44. The third kappa shape index (κ3) is 2.41. The van der Waals surface area contributed by atoms with Crippen LogP contribution in [0.25, 0.3) is 0 Å². The molecule has 0 radical (unpaired) electrons. The van der Waals surface area contributed by atoms with Gasteiger partial charge in [-0.2, -0.15) is 0 Å². The SMILES string of the molecule is CC(=O)c1cccc(N2CC(CN)CC2(C)C)c1. The van der Waals surface area contributed by atoms with E-state index in [4.69, 9.17) is 5.73 Å². The number of carbonyl (C=O) groups excluding carboxylic acids is 1. The minimum Gasteiger partial charge on any atom is -0.366 e. The van der Waals surface area contributed by atoms with Gasteiger partial charge in [0.1, 0.15) is 0 Å². The number of hydrogen-bond acceptors (Lipinski definition) is 3. The van der Waals surface area contributed by atoms with Crippen molar-refractivity contribution in [3.05, 3.63) is 29.8 Å². The van der Waals surface area contributed by atoms with Crippen molar-refractivity contribution in [2.45, 2.75) is 32.7 Å². The molecule has 0 aromatic heterocycles. The molecule has 1 heterocycles. The molecule has 1 saturated heterocycles. The Balaban J connectivity index is 2.31. The van der Waals surface area contributed by atoms with Crippen LogP contribution in [-0.4, -0.2) is 24.4 Å². The molecule has 1 aromatic rings. The van der Waals surface area contributed by atoms with Gasteiger partial charge in [-0.15, -0.1) is 0 Å². The lowest BCUT2D eigenvalue weighted by atomic mass is 9.96. The number of ketones is 1. The number of nitrogens with zero attached hydrogens (tertiary/aromatic N) is 1. The van der Waals surface area contributed by atoms with E-state index in [-0.39, 0.29) is 11.3 Å². The van der Waals surface area contributed by atoms with Crippen molar-refractivity contribution in [3.8, 4) is 0 Å². The minimum absolute atomic E-state index is 0.111. The summed E-state index contributed by atoms with van der Waals surface area (Å²) in [5.41, 5.74) is 7.81. The normalized spacial score (nSPS) is 22.2. The predicted octanol–water partition coefficient (Wildman–Crippen LogP) is 2.45. The van der Waals surface area contributed by atoms with Crippen molar-refractivity contribution in [2.75, 3.05) is 18.0 Å². The van der Waals surface area contributed by atoms with E-state index in [9.17, 15) is 4.79 Å². The maximum Gasteiger partial charge on any atom is 0.159 e. The number of carbonyl (C=O) groups is 1. The second kappa shape index (κ2) is 4.73. The van der Waals surface area contributed by atoms with E-state index in [1.165, 1.54) is 0 Å². The lowest BCUT2D eigenvalue weighted by Crippen LogP contribution is -2.38. The summed E-state index contributed by atoms with van der Waals surface area (Å²) in [6.07, 6.45) is 1.10. The summed E-state index contributed by atoms with van der Waals surface area (Å²) in [5.74, 6) is 0.658. The van der Waals surface area contributed by atoms with E-state index in [0.717, 1.165) is 30.8 Å². The summed E-state index contributed by atoms with van der Waals surface area (Å²) in [6.45, 7) is 7.79. The molecule has 1 atom stereocenters. The Morgan fingerprint density at radius 2 is 2.22 bits per heavy atom. The highest BCUT2D eigenvalue weighted by atomic mass is 16.1. The van der Waals surface area contributed by atoms with Crippen molar-refractivity contribution >= 4 is 11.5 Å². The number of rotatable bonds is 3. The summed E-state index contributed by atoms with van der Waals surface area (Å²) in [7, 11) is 0. The summed E-state index contributed by atoms with van der Waals surface area (Å²) in [5, 5.41) is 0. The molecule has 3 heteroatoms. The summed E-state index contributed by atoms with van der Waals surface area (Å²) >= 11 is 0. The smallest absolute Gasteiger partial charge is 0.159 e. The van der Waals surface area contributed by atoms with Crippen molar-refractivity contribution in [1.82, 2.24) is 0 Å². The van der Waals surface area contributed by atoms with Crippen LogP contribution in [0.3, 0.4) is 0 Å². The topological polar surface area (TPSA) is 46.3 Å². The fourth-order valence-electron chi connectivity index (χ4n) is 2.89. The minimum atomic E-state index is 0.111. The maximum atomic E-state index is 11.5. The zero-order chi connectivity index (χ0) is 13.3. The highest BCUT2D eigenvalue weighted by Gasteiger charge is 2.37. The van der Waals surface area contributed by atoms with E-state index in [1.54, 1.807) is 6.92 Å². The summed E-state index contributed by atoms with van der Waals surface area (Å²) in [4.78, 5) is 13.8. The van der Waals surface area contributed by atoms with Crippen LogP contribution in [0.1, 0.15) is 37.6 Å². The fraction of sp³-hybridized carbons (Fsp3) is 0.533. The zero-order valence-corrected chi connectivity index (χ0v) is 11.4. The average molecular weight is 246 g/mol. The first-order valence-corrected chi connectivity index (χ1v) is 6.53. The monoisotopic (exact) mass is 246 g/mol. The Labute approximate surface area is 109 Å². The molecule has 2 N–H and O–H groups in total. The first kappa shape index (κ1) is 13.1. The van der Waals surface area contributed by atoms with Gasteiger partial charge < -0.3 is 10.6 Å². The first-order valence-electron chi connectivity index (χ1n) is 6.53. The number of nitrogens with two attached hydrogens (primary N) is 1. The molecule has 3 nitrogen and oxygen atoms in total. The third-order valence-corrected chi connectivity index (χ3v) is 3.86. The molecule has 98 valence electrons. The maximum absolute atomic E-state index is 11.5. The molecule has 0 saturated carbocycles.